The summed E-state index contributed by atoms with van der Waals surface area (Å²) >= 11 is 0. The maximum Gasteiger partial charge on any atom is 0.310 e. The number of esters is 1. The Bertz CT molecular complexity index is 806. The second-order valence-corrected chi connectivity index (χ2v) is 5.00. The highest BCUT2D eigenvalue weighted by Crippen LogP contribution is 2.25. The van der Waals surface area contributed by atoms with Gasteiger partial charge in [-0.25, -0.2) is 4.39 Å². The Balaban J connectivity index is 2.07. The normalized spacial score (nSPS) is 10.8. The smallest absolute Gasteiger partial charge is 0.310 e. The van der Waals surface area contributed by atoms with E-state index in [2.05, 4.69) is 0 Å². The number of fused-ring (bicyclic) bond motifs is 1. The van der Waals surface area contributed by atoms with E-state index >= 15 is 0 Å². The molecule has 0 amide bonds. The van der Waals surface area contributed by atoms with Gasteiger partial charge < -0.3 is 9.30 Å². The van der Waals surface area contributed by atoms with Gasteiger partial charge in [0.1, 0.15) is 5.82 Å². The predicted octanol–water partition coefficient (Wildman–Crippen LogP) is 3.88. The Labute approximate surface area is 127 Å². The fraction of sp³-hybridized carbons (Fsp3) is 0.167. The number of carbonyl (C=O) groups excluding carboxylic acids is 1. The molecule has 0 saturated heterocycles. The van der Waals surface area contributed by atoms with Crippen LogP contribution in [0.25, 0.3) is 16.6 Å². The number of rotatable bonds is 4. The van der Waals surface area contributed by atoms with Gasteiger partial charge in [-0.2, -0.15) is 0 Å². The van der Waals surface area contributed by atoms with Crippen molar-refractivity contribution in [3.8, 4) is 5.69 Å². The molecule has 3 nitrogen and oxygen atoms in total. The summed E-state index contributed by atoms with van der Waals surface area (Å²) in [5, 5.41) is 1.000. The number of para-hydroxylation sites is 1. The molecule has 0 atom stereocenters. The third-order valence-electron chi connectivity index (χ3n) is 3.54. The van der Waals surface area contributed by atoms with Gasteiger partial charge in [-0.15, -0.1) is 0 Å². The molecule has 0 saturated carbocycles. The minimum Gasteiger partial charge on any atom is -0.466 e. The average Bonchev–Trinajstić information content (AvgIpc) is 2.87. The first-order chi connectivity index (χ1) is 10.7. The van der Waals surface area contributed by atoms with Crippen molar-refractivity contribution in [2.45, 2.75) is 13.3 Å². The van der Waals surface area contributed by atoms with E-state index in [4.69, 9.17) is 4.74 Å². The van der Waals surface area contributed by atoms with E-state index in [9.17, 15) is 9.18 Å². The van der Waals surface area contributed by atoms with Crippen molar-refractivity contribution in [3.05, 3.63) is 66.1 Å². The van der Waals surface area contributed by atoms with Gasteiger partial charge in [-0.3, -0.25) is 4.79 Å². The van der Waals surface area contributed by atoms with Crippen molar-refractivity contribution in [3.63, 3.8) is 0 Å². The van der Waals surface area contributed by atoms with Gasteiger partial charge >= 0.3 is 5.97 Å². The Morgan fingerprint density at radius 1 is 1.14 bits per heavy atom. The van der Waals surface area contributed by atoms with Gasteiger partial charge in [0.2, 0.25) is 0 Å². The number of carbonyl (C=O) groups is 1. The molecule has 0 fully saturated rings. The van der Waals surface area contributed by atoms with Crippen LogP contribution in [0.5, 0.6) is 0 Å². The highest BCUT2D eigenvalue weighted by atomic mass is 19.1. The number of halogens is 1. The minimum absolute atomic E-state index is 0.225. The quantitative estimate of drug-likeness (QED) is 0.684. The largest absolute Gasteiger partial charge is 0.466 e. The molecule has 0 aliphatic heterocycles. The van der Waals surface area contributed by atoms with Gasteiger partial charge in [-0.1, -0.05) is 18.2 Å². The summed E-state index contributed by atoms with van der Waals surface area (Å²) in [5.41, 5.74) is 2.74. The second kappa shape index (κ2) is 6.02. The first-order valence-electron chi connectivity index (χ1n) is 7.19. The summed E-state index contributed by atoms with van der Waals surface area (Å²) in [6, 6.07) is 14.1. The molecular formula is C18H16FNO2. The molecule has 0 N–H and O–H groups in total. The summed E-state index contributed by atoms with van der Waals surface area (Å²) in [5.74, 6) is -0.517. The molecule has 0 aliphatic carbocycles. The van der Waals surface area contributed by atoms with Crippen LogP contribution in [-0.4, -0.2) is 17.1 Å². The van der Waals surface area contributed by atoms with Gasteiger partial charge in [-0.05, 0) is 42.8 Å². The van der Waals surface area contributed by atoms with Crippen LogP contribution < -0.4 is 0 Å². The summed E-state index contributed by atoms with van der Waals surface area (Å²) in [7, 11) is 0. The van der Waals surface area contributed by atoms with Crippen molar-refractivity contribution in [1.29, 1.82) is 0 Å². The number of hydrogen-bond acceptors (Lipinski definition) is 2. The maximum absolute atomic E-state index is 13.1. The molecule has 1 aromatic heterocycles. The summed E-state index contributed by atoms with van der Waals surface area (Å²) in [6.07, 6.45) is 2.14. The lowest BCUT2D eigenvalue weighted by Crippen LogP contribution is -2.07. The van der Waals surface area contributed by atoms with Crippen LogP contribution in [0.1, 0.15) is 12.5 Å². The zero-order valence-electron chi connectivity index (χ0n) is 12.3. The predicted molar refractivity (Wildman–Crippen MR) is 83.6 cm³/mol. The molecular weight excluding hydrogens is 281 g/mol. The molecule has 112 valence electrons. The SMILES string of the molecule is CCOC(=O)Cc1cn(-c2ccc(F)cc2)c2ccccc12. The Morgan fingerprint density at radius 3 is 2.59 bits per heavy atom. The van der Waals surface area contributed by atoms with Crippen molar-refractivity contribution in [1.82, 2.24) is 4.57 Å². The molecule has 1 heterocycles. The van der Waals surface area contributed by atoms with Crippen LogP contribution in [0.2, 0.25) is 0 Å². The minimum atomic E-state index is -0.271. The zero-order chi connectivity index (χ0) is 15.5. The number of aromatic nitrogens is 1. The lowest BCUT2D eigenvalue weighted by molar-refractivity contribution is -0.142. The molecule has 0 unspecified atom stereocenters. The topological polar surface area (TPSA) is 31.2 Å². The molecule has 0 bridgehead atoms. The van der Waals surface area contributed by atoms with Crippen LogP contribution in [-0.2, 0) is 16.0 Å². The van der Waals surface area contributed by atoms with E-state index in [1.54, 1.807) is 19.1 Å². The van der Waals surface area contributed by atoms with Crippen LogP contribution in [0.4, 0.5) is 4.39 Å². The fourth-order valence-electron chi connectivity index (χ4n) is 2.57. The number of benzene rings is 2. The Morgan fingerprint density at radius 2 is 1.86 bits per heavy atom. The van der Waals surface area contributed by atoms with E-state index < -0.39 is 0 Å². The lowest BCUT2D eigenvalue weighted by Gasteiger charge is -2.04. The Kier molecular flexibility index (Phi) is 3.92. The standard InChI is InChI=1S/C18H16FNO2/c1-2-22-18(21)11-13-12-20(15-9-7-14(19)8-10-15)17-6-4-3-5-16(13)17/h3-10,12H,2,11H2,1H3. The first-order valence-corrected chi connectivity index (χ1v) is 7.19. The summed E-state index contributed by atoms with van der Waals surface area (Å²) in [4.78, 5) is 11.8. The molecule has 3 rings (SSSR count). The molecule has 3 aromatic rings. The van der Waals surface area contributed by atoms with E-state index in [1.165, 1.54) is 12.1 Å². The van der Waals surface area contributed by atoms with Crippen LogP contribution in [0, 0.1) is 5.82 Å². The van der Waals surface area contributed by atoms with Gasteiger partial charge in [0, 0.05) is 17.3 Å². The van der Waals surface area contributed by atoms with Crippen molar-refractivity contribution in [2.75, 3.05) is 6.61 Å². The van der Waals surface area contributed by atoms with Gasteiger partial charge in [0.15, 0.2) is 0 Å². The highest BCUT2D eigenvalue weighted by molar-refractivity contribution is 5.89. The molecule has 0 radical (unpaired) electrons. The summed E-state index contributed by atoms with van der Waals surface area (Å²) in [6.45, 7) is 2.16. The van der Waals surface area contributed by atoms with E-state index in [0.29, 0.717) is 6.61 Å². The number of nitrogens with zero attached hydrogens (tertiary/aromatic N) is 1. The van der Waals surface area contributed by atoms with Gasteiger partial charge in [0.05, 0.1) is 18.5 Å². The number of ether oxygens (including phenoxy) is 1. The first kappa shape index (κ1) is 14.3. The monoisotopic (exact) mass is 297 g/mol. The highest BCUT2D eigenvalue weighted by Gasteiger charge is 2.13. The number of hydrogen-bond donors (Lipinski definition) is 0. The lowest BCUT2D eigenvalue weighted by atomic mass is 10.1. The average molecular weight is 297 g/mol. The fourth-order valence-corrected chi connectivity index (χ4v) is 2.57. The van der Waals surface area contributed by atoms with E-state index in [1.807, 2.05) is 35.0 Å². The molecule has 22 heavy (non-hydrogen) atoms. The van der Waals surface area contributed by atoms with E-state index in [0.717, 1.165) is 22.2 Å². The van der Waals surface area contributed by atoms with Crippen molar-refractivity contribution in [2.24, 2.45) is 0 Å². The van der Waals surface area contributed by atoms with E-state index in [-0.39, 0.29) is 18.2 Å². The van der Waals surface area contributed by atoms with Gasteiger partial charge in [0.25, 0.3) is 0 Å². The zero-order valence-corrected chi connectivity index (χ0v) is 12.3. The molecule has 0 spiro atoms. The van der Waals surface area contributed by atoms with Crippen LogP contribution in [0.3, 0.4) is 0 Å². The molecule has 4 heteroatoms. The molecule has 0 aliphatic rings. The van der Waals surface area contributed by atoms with Crippen molar-refractivity contribution < 1.29 is 13.9 Å². The Hall–Kier alpha value is -2.62. The van der Waals surface area contributed by atoms with Crippen LogP contribution >= 0.6 is 0 Å². The van der Waals surface area contributed by atoms with Crippen LogP contribution in [0.15, 0.2) is 54.7 Å². The second-order valence-electron chi connectivity index (χ2n) is 5.00. The molecule has 2 aromatic carbocycles. The summed E-state index contributed by atoms with van der Waals surface area (Å²) < 4.78 is 20.1. The van der Waals surface area contributed by atoms with Crippen molar-refractivity contribution >= 4 is 16.9 Å². The third kappa shape index (κ3) is 2.72. The third-order valence-corrected chi connectivity index (χ3v) is 3.54. The maximum atomic E-state index is 13.1.